The molecule has 8 rings (SSSR count). The van der Waals surface area contributed by atoms with Gasteiger partial charge in [0.05, 0.1) is 21.3 Å². The first-order chi connectivity index (χ1) is 44.9. The van der Waals surface area contributed by atoms with Crippen LogP contribution in [-0.2, 0) is 46.8 Å². The Balaban J connectivity index is 0.000000286. The lowest BCUT2D eigenvalue weighted by atomic mass is 9.78. The molecule has 502 valence electrons. The topological polar surface area (TPSA) is 170 Å². The number of ether oxygens (including phenoxy) is 9. The van der Waals surface area contributed by atoms with Crippen LogP contribution in [0.15, 0.2) is 194 Å². The zero-order chi connectivity index (χ0) is 69.2. The number of hydrogen-bond acceptors (Lipinski definition) is 15. The number of esters is 1. The van der Waals surface area contributed by atoms with Gasteiger partial charge < -0.3 is 50.9 Å². The van der Waals surface area contributed by atoms with Gasteiger partial charge in [0.15, 0.2) is 39.6 Å². The van der Waals surface area contributed by atoms with E-state index >= 15 is 0 Å². The number of aryl methyl sites for hydroxylation is 2. The fourth-order valence-electron chi connectivity index (χ4n) is 11.5. The van der Waals surface area contributed by atoms with Crippen LogP contribution in [0, 0.1) is 0 Å². The predicted molar refractivity (Wildman–Crippen MR) is 380 cm³/mol. The molecule has 0 saturated heterocycles. The van der Waals surface area contributed by atoms with Crippen molar-refractivity contribution in [3.63, 3.8) is 0 Å². The molecule has 0 N–H and O–H groups in total. The summed E-state index contributed by atoms with van der Waals surface area (Å²) in [5.41, 5.74) is 8.14. The fraction of sp³-hybridized carbons (Fsp3) is 0.325. The van der Waals surface area contributed by atoms with E-state index in [9.17, 15) is 19.2 Å². The second-order valence-corrected chi connectivity index (χ2v) is 39.0. The lowest BCUT2D eigenvalue weighted by molar-refractivity contribution is -0.132. The Morgan fingerprint density at radius 1 is 0.347 bits per heavy atom. The van der Waals surface area contributed by atoms with Crippen molar-refractivity contribution in [1.29, 1.82) is 0 Å². The largest absolute Gasteiger partial charge is 0.519 e. The normalized spacial score (nSPS) is 11.9. The summed E-state index contributed by atoms with van der Waals surface area (Å²) in [5.74, 6) is 2.98. The molecule has 0 amide bonds. The van der Waals surface area contributed by atoms with Crippen LogP contribution in [0.25, 0.3) is 0 Å². The Bertz CT molecular complexity index is 3810. The minimum absolute atomic E-state index is 0.186. The van der Waals surface area contributed by atoms with Gasteiger partial charge in [-0.2, -0.15) is 0 Å². The van der Waals surface area contributed by atoms with Crippen LogP contribution in [0.1, 0.15) is 106 Å². The molecule has 0 radical (unpaired) electrons. The Kier molecular flexibility index (Phi) is 25.2. The van der Waals surface area contributed by atoms with Gasteiger partial charge in [-0.05, 0) is 194 Å². The van der Waals surface area contributed by atoms with E-state index in [2.05, 4.69) is 110 Å². The summed E-state index contributed by atoms with van der Waals surface area (Å²) < 4.78 is 61.4. The Hall–Kier alpha value is -8.79. The number of benzene rings is 8. The summed E-state index contributed by atoms with van der Waals surface area (Å²) >= 11 is 0. The molecule has 0 spiro atoms. The van der Waals surface area contributed by atoms with E-state index in [-0.39, 0.29) is 22.2 Å². The summed E-state index contributed by atoms with van der Waals surface area (Å²) in [6.45, 7) is 27.6. The Morgan fingerprint density at radius 2 is 0.642 bits per heavy atom. The van der Waals surface area contributed by atoms with Crippen molar-refractivity contribution in [2.75, 3.05) is 21.3 Å². The van der Waals surface area contributed by atoms with Gasteiger partial charge >= 0.3 is 33.0 Å². The van der Waals surface area contributed by atoms with Crippen molar-refractivity contribution in [2.24, 2.45) is 0 Å². The fourth-order valence-corrected chi connectivity index (χ4v) is 25.5. The summed E-state index contributed by atoms with van der Waals surface area (Å²) in [6, 6.07) is 63.4. The van der Waals surface area contributed by atoms with E-state index in [0.717, 1.165) is 71.2 Å². The zero-order valence-corrected chi connectivity index (χ0v) is 60.8. The van der Waals surface area contributed by atoms with Crippen LogP contribution in [0.2, 0.25) is 51.4 Å². The summed E-state index contributed by atoms with van der Waals surface area (Å²) in [7, 11) is -2.02. The van der Waals surface area contributed by atoms with Crippen molar-refractivity contribution < 1.29 is 70.0 Å². The SMILES string of the molecule is COC(=O)Oc1ccc(C(C)(C)c2ccc(OC(=O)Oc3ccc(C(C)(C)c4ccccc4)cc3)cc2)cc1.COc1cc(CCC[Si](C)(C)O[Si](C)(C)O[Si](C)(C)CCCc2ccc(OC(=O)Oc3ccc(C(C)(C)c4ccccc4)cc3)c(OC)c2)ccc1OC(C)=O. The highest BCUT2D eigenvalue weighted by Crippen LogP contribution is 2.38. The van der Waals surface area contributed by atoms with Gasteiger partial charge in [-0.3, -0.25) is 4.79 Å². The smallest absolute Gasteiger partial charge is 0.493 e. The van der Waals surface area contributed by atoms with E-state index in [4.69, 9.17) is 46.1 Å². The van der Waals surface area contributed by atoms with Crippen LogP contribution < -0.4 is 37.9 Å². The lowest BCUT2D eigenvalue weighted by Crippen LogP contribution is -2.52. The molecule has 0 aliphatic carbocycles. The third-order valence-corrected chi connectivity index (χ3v) is 28.2. The van der Waals surface area contributed by atoms with Crippen LogP contribution in [0.4, 0.5) is 14.4 Å². The summed E-state index contributed by atoms with van der Waals surface area (Å²) in [6.07, 6.45) is 1.25. The first kappa shape index (κ1) is 73.6. The molecule has 8 aromatic carbocycles. The average Bonchev–Trinajstić information content (AvgIpc) is 0.824. The molecule has 0 bridgehead atoms. The molecule has 0 aromatic heterocycles. The van der Waals surface area contributed by atoms with Crippen LogP contribution in [0.5, 0.6) is 46.0 Å². The van der Waals surface area contributed by atoms with Crippen molar-refractivity contribution in [2.45, 2.75) is 142 Å². The van der Waals surface area contributed by atoms with E-state index in [1.807, 2.05) is 109 Å². The molecular formula is C77H92O15Si3. The molecule has 0 saturated carbocycles. The molecule has 0 aliphatic rings. The predicted octanol–water partition coefficient (Wildman–Crippen LogP) is 19.3. The highest BCUT2D eigenvalue weighted by molar-refractivity contribution is 6.87. The third-order valence-electron chi connectivity index (χ3n) is 16.7. The maximum absolute atomic E-state index is 12.8. The van der Waals surface area contributed by atoms with Crippen molar-refractivity contribution in [3.8, 4) is 46.0 Å². The van der Waals surface area contributed by atoms with Gasteiger partial charge in [0.1, 0.15) is 23.0 Å². The summed E-state index contributed by atoms with van der Waals surface area (Å²) in [5, 5.41) is 0. The van der Waals surface area contributed by atoms with Gasteiger partial charge in [-0.15, -0.1) is 0 Å². The zero-order valence-electron chi connectivity index (χ0n) is 57.8. The van der Waals surface area contributed by atoms with Crippen molar-refractivity contribution in [1.82, 2.24) is 0 Å². The third kappa shape index (κ3) is 21.6. The van der Waals surface area contributed by atoms with Gasteiger partial charge in [-0.25, -0.2) is 14.4 Å². The molecule has 8 aromatic rings. The molecule has 0 fully saturated rings. The van der Waals surface area contributed by atoms with E-state index in [0.29, 0.717) is 46.0 Å². The number of hydrogen-bond donors (Lipinski definition) is 0. The van der Waals surface area contributed by atoms with E-state index < -0.39 is 43.7 Å². The highest BCUT2D eigenvalue weighted by atomic mass is 28.5. The first-order valence-electron chi connectivity index (χ1n) is 31.9. The summed E-state index contributed by atoms with van der Waals surface area (Å²) in [4.78, 5) is 47.9. The molecule has 0 aliphatic heterocycles. The highest BCUT2D eigenvalue weighted by Gasteiger charge is 2.39. The second-order valence-electron chi connectivity index (χ2n) is 26.6. The Morgan fingerprint density at radius 3 is 0.947 bits per heavy atom. The van der Waals surface area contributed by atoms with Gasteiger partial charge in [0.25, 0.3) is 0 Å². The van der Waals surface area contributed by atoms with E-state index in [1.54, 1.807) is 74.9 Å². The number of methoxy groups -OCH3 is 3. The Labute approximate surface area is 564 Å². The van der Waals surface area contributed by atoms with Gasteiger partial charge in [0, 0.05) is 23.2 Å². The second kappa shape index (κ2) is 32.6. The molecule has 0 atom stereocenters. The molecule has 18 heteroatoms. The van der Waals surface area contributed by atoms with Crippen molar-refractivity contribution in [3.05, 3.63) is 239 Å². The standard InChI is InChI=1S/C44H60O9Si3.C33H32O6/c1-33(45)49-39-27-21-34(31-41(39)47-4)17-15-29-54(6,7)52-56(10,11)53-55(8,9)30-16-18-35-22-28-40(42(32-35)48-5)51-43(46)50-38-25-23-37(24-26-38)44(2,3)36-19-13-12-14-20-36;1-32(2,23-9-7-6-8-10-23)24-13-19-28(20-14-24)38-31(35)39-29-21-15-26(16-22-29)33(3,4)25-11-17-27(18-12-25)37-30(34)36-5/h12-14,19-28,31-32H,15-18,29-30H2,1-11H3;6-22H,1-5H3. The lowest BCUT2D eigenvalue weighted by Gasteiger charge is -2.39. The number of rotatable bonds is 26. The molecule has 0 unspecified atom stereocenters. The van der Waals surface area contributed by atoms with Crippen LogP contribution >= 0.6 is 0 Å². The van der Waals surface area contributed by atoms with E-state index in [1.165, 1.54) is 25.2 Å². The van der Waals surface area contributed by atoms with Crippen molar-refractivity contribution >= 4 is 49.6 Å². The minimum Gasteiger partial charge on any atom is -0.493 e. The maximum atomic E-state index is 12.8. The van der Waals surface area contributed by atoms with Crippen LogP contribution in [0.3, 0.4) is 0 Å². The number of carbonyl (C=O) groups is 4. The molecular weight excluding hydrogens is 1250 g/mol. The quantitative estimate of drug-likeness (QED) is 0.0217. The van der Waals surface area contributed by atoms with Gasteiger partial charge in [0.2, 0.25) is 0 Å². The van der Waals surface area contributed by atoms with Crippen LogP contribution in [-0.4, -0.2) is 71.0 Å². The average molecular weight is 1340 g/mol. The monoisotopic (exact) mass is 1340 g/mol. The molecule has 0 heterocycles. The number of carbonyl (C=O) groups excluding carboxylic acids is 4. The minimum atomic E-state index is -2.39. The molecule has 95 heavy (non-hydrogen) atoms. The van der Waals surface area contributed by atoms with Gasteiger partial charge in [-0.1, -0.05) is 163 Å². The maximum Gasteiger partial charge on any atom is 0.519 e. The first-order valence-corrected chi connectivity index (χ1v) is 41.0. The molecule has 15 nitrogen and oxygen atoms in total.